The number of hydrogen-bond acceptors (Lipinski definition) is 4. The molecule has 0 aromatic carbocycles. The van der Waals surface area contributed by atoms with Crippen LogP contribution in [-0.2, 0) is 4.74 Å². The second-order valence-electron chi connectivity index (χ2n) is 4.37. The van der Waals surface area contributed by atoms with Crippen molar-refractivity contribution < 1.29 is 25.1 Å². The lowest BCUT2D eigenvalue weighted by Crippen LogP contribution is -2.40. The van der Waals surface area contributed by atoms with Gasteiger partial charge in [0.15, 0.2) is 0 Å². The van der Waals surface area contributed by atoms with Crippen LogP contribution in [0.3, 0.4) is 0 Å². The molecule has 0 radical (unpaired) electrons. The van der Waals surface area contributed by atoms with Crippen molar-refractivity contribution in [1.82, 2.24) is 4.90 Å². The lowest BCUT2D eigenvalue weighted by molar-refractivity contribution is 0.0266. The van der Waals surface area contributed by atoms with E-state index in [4.69, 9.17) is 20.3 Å². The van der Waals surface area contributed by atoms with Crippen LogP contribution < -0.4 is 0 Å². The third-order valence-corrected chi connectivity index (χ3v) is 1.73. The first-order chi connectivity index (χ1) is 8.76. The second-order valence-corrected chi connectivity index (χ2v) is 4.37. The molecule has 2 N–H and O–H groups in total. The Balaban J connectivity index is 3.15. The minimum Gasteiger partial charge on any atom is -0.444 e. The van der Waals surface area contributed by atoms with Crippen molar-refractivity contribution >= 4 is 13.2 Å². The van der Waals surface area contributed by atoms with Gasteiger partial charge in [-0.2, -0.15) is 0 Å². The highest BCUT2D eigenvalue weighted by Gasteiger charge is 2.26. The molecule has 5 nitrogen and oxygen atoms in total. The standard InChI is InChI=1S/C10H18BNO4/c1-10(2,3)16-9(13)12-6-4-8(5-7-12)11(14)15/h4,14-15H,5-7H2,1-3H3/i6D2,7D2. The van der Waals surface area contributed by atoms with Crippen molar-refractivity contribution in [2.45, 2.75) is 32.8 Å². The quantitative estimate of drug-likeness (QED) is 0.647. The van der Waals surface area contributed by atoms with Gasteiger partial charge in [-0.1, -0.05) is 6.08 Å². The fourth-order valence-corrected chi connectivity index (χ4v) is 1.01. The predicted octanol–water partition coefficient (Wildman–Crippen LogP) is 0.566. The molecular weight excluding hydrogens is 209 g/mol. The molecule has 0 unspecified atom stereocenters. The molecule has 1 amide bonds. The molecule has 0 aromatic heterocycles. The summed E-state index contributed by atoms with van der Waals surface area (Å²) in [6.07, 6.45) is -0.831. The van der Waals surface area contributed by atoms with E-state index in [1.165, 1.54) is 0 Å². The van der Waals surface area contributed by atoms with Gasteiger partial charge in [0, 0.05) is 15.7 Å². The van der Waals surface area contributed by atoms with Crippen molar-refractivity contribution in [2.24, 2.45) is 0 Å². The Kier molecular flexibility index (Phi) is 2.49. The first-order valence-electron chi connectivity index (χ1n) is 6.87. The third-order valence-electron chi connectivity index (χ3n) is 1.73. The predicted molar refractivity (Wildman–Crippen MR) is 60.7 cm³/mol. The largest absolute Gasteiger partial charge is 0.483 e. The van der Waals surface area contributed by atoms with E-state index in [0.29, 0.717) is 4.90 Å². The van der Waals surface area contributed by atoms with Gasteiger partial charge in [-0.15, -0.1) is 0 Å². The zero-order chi connectivity index (χ0) is 15.9. The molecule has 0 saturated heterocycles. The molecule has 16 heavy (non-hydrogen) atoms. The maximum Gasteiger partial charge on any atom is 0.483 e. The molecule has 1 aliphatic rings. The molecule has 1 rings (SSSR count). The van der Waals surface area contributed by atoms with Crippen LogP contribution in [0.25, 0.3) is 0 Å². The average Bonchev–Trinajstić information content (AvgIpc) is 2.09. The zero-order valence-electron chi connectivity index (χ0n) is 13.5. The monoisotopic (exact) mass is 231 g/mol. The molecule has 1 aliphatic heterocycles. The number of carbonyl (C=O) groups excluding carboxylic acids is 1. The molecule has 0 atom stereocenters. The van der Waals surface area contributed by atoms with Gasteiger partial charge >= 0.3 is 13.2 Å². The summed E-state index contributed by atoms with van der Waals surface area (Å²) in [7, 11) is -1.97. The van der Waals surface area contributed by atoms with Crippen LogP contribution in [0.5, 0.6) is 0 Å². The van der Waals surface area contributed by atoms with E-state index < -0.39 is 38.2 Å². The van der Waals surface area contributed by atoms with E-state index in [0.717, 1.165) is 6.08 Å². The molecule has 0 aromatic rings. The van der Waals surface area contributed by atoms with Crippen molar-refractivity contribution in [3.63, 3.8) is 0 Å². The number of ether oxygens (including phenoxy) is 1. The number of carbonyl (C=O) groups is 1. The average molecular weight is 231 g/mol. The Morgan fingerprint density at radius 3 is 2.69 bits per heavy atom. The summed E-state index contributed by atoms with van der Waals surface area (Å²) < 4.78 is 36.1. The molecule has 1 heterocycles. The topological polar surface area (TPSA) is 70.0 Å². The maximum atomic E-state index is 12.0. The number of amides is 1. The van der Waals surface area contributed by atoms with Crippen LogP contribution in [0.15, 0.2) is 11.5 Å². The van der Waals surface area contributed by atoms with Crippen LogP contribution in [0.2, 0.25) is 0 Å². The lowest BCUT2D eigenvalue weighted by atomic mass is 9.76. The highest BCUT2D eigenvalue weighted by atomic mass is 16.6. The number of nitrogens with zero attached hydrogens (tertiary/aromatic N) is 1. The van der Waals surface area contributed by atoms with Crippen LogP contribution in [-0.4, -0.2) is 46.8 Å². The zero-order valence-corrected chi connectivity index (χ0v) is 9.52. The third kappa shape index (κ3) is 3.86. The molecule has 0 bridgehead atoms. The molecule has 90 valence electrons. The van der Waals surface area contributed by atoms with Gasteiger partial charge in [0.25, 0.3) is 0 Å². The van der Waals surface area contributed by atoms with Crippen molar-refractivity contribution in [2.75, 3.05) is 13.0 Å². The highest BCUT2D eigenvalue weighted by molar-refractivity contribution is 6.50. The summed E-state index contributed by atoms with van der Waals surface area (Å²) in [4.78, 5) is 12.3. The first-order valence-corrected chi connectivity index (χ1v) is 4.87. The summed E-state index contributed by atoms with van der Waals surface area (Å²) in [5.41, 5.74) is -1.12. The first kappa shape index (κ1) is 8.14. The van der Waals surface area contributed by atoms with E-state index in [1.807, 2.05) is 0 Å². The normalized spacial score (nSPS) is 26.8. The van der Waals surface area contributed by atoms with Crippen molar-refractivity contribution in [1.29, 1.82) is 0 Å². The van der Waals surface area contributed by atoms with Gasteiger partial charge < -0.3 is 19.7 Å². The number of hydrogen-bond donors (Lipinski definition) is 2. The fraction of sp³-hybridized carbons (Fsp3) is 0.700. The molecule has 0 spiro atoms. The van der Waals surface area contributed by atoms with Gasteiger partial charge in [-0.3, -0.25) is 0 Å². The van der Waals surface area contributed by atoms with Crippen molar-refractivity contribution in [3.8, 4) is 0 Å². The van der Waals surface area contributed by atoms with E-state index in [1.54, 1.807) is 20.8 Å². The minimum atomic E-state index is -2.52. The molecule has 0 fully saturated rings. The smallest absolute Gasteiger partial charge is 0.444 e. The van der Waals surface area contributed by atoms with Crippen molar-refractivity contribution in [3.05, 3.63) is 11.5 Å². The second kappa shape index (κ2) is 4.89. The van der Waals surface area contributed by atoms with Gasteiger partial charge in [0.05, 0.1) is 2.74 Å². The van der Waals surface area contributed by atoms with E-state index >= 15 is 0 Å². The Morgan fingerprint density at radius 1 is 1.62 bits per heavy atom. The van der Waals surface area contributed by atoms with Crippen LogP contribution >= 0.6 is 0 Å². The molecule has 0 saturated carbocycles. The molecular formula is C10H18BNO4. The lowest BCUT2D eigenvalue weighted by Gasteiger charge is -2.29. The summed E-state index contributed by atoms with van der Waals surface area (Å²) >= 11 is 0. The van der Waals surface area contributed by atoms with Gasteiger partial charge in [-0.05, 0) is 32.7 Å². The van der Waals surface area contributed by atoms with Gasteiger partial charge in [0.2, 0.25) is 0 Å². The number of rotatable bonds is 1. The summed E-state index contributed by atoms with van der Waals surface area (Å²) in [5, 5.41) is 18.1. The Morgan fingerprint density at radius 2 is 2.25 bits per heavy atom. The molecule has 6 heteroatoms. The Labute approximate surface area is 101 Å². The maximum absolute atomic E-state index is 12.0. The Hall–Kier alpha value is -1.01. The minimum absolute atomic E-state index is 0.222. The van der Waals surface area contributed by atoms with E-state index in [-0.39, 0.29) is 5.47 Å². The van der Waals surface area contributed by atoms with Crippen LogP contribution in [0, 0.1) is 0 Å². The van der Waals surface area contributed by atoms with E-state index in [9.17, 15) is 4.79 Å². The molecule has 0 aliphatic carbocycles. The fourth-order valence-electron chi connectivity index (χ4n) is 1.01. The van der Waals surface area contributed by atoms with Crippen LogP contribution in [0.1, 0.15) is 32.7 Å². The van der Waals surface area contributed by atoms with E-state index in [2.05, 4.69) is 0 Å². The van der Waals surface area contributed by atoms with Crippen LogP contribution in [0.4, 0.5) is 4.79 Å². The summed E-state index contributed by atoms with van der Waals surface area (Å²) in [6, 6.07) is 0. The summed E-state index contributed by atoms with van der Waals surface area (Å²) in [6.45, 7) is -0.209. The Bertz CT molecular complexity index is 433. The van der Waals surface area contributed by atoms with Gasteiger partial charge in [0.1, 0.15) is 5.60 Å². The highest BCUT2D eigenvalue weighted by Crippen LogP contribution is 2.15. The summed E-state index contributed by atoms with van der Waals surface area (Å²) in [5.74, 6) is 0. The SMILES string of the molecule is [2H]C1([2H])C=C(B(O)O)CC([2H])([2H])N1C(=O)OC(C)(C)C. The van der Waals surface area contributed by atoms with Gasteiger partial charge in [-0.25, -0.2) is 4.79 Å².